The normalized spacial score (nSPS) is 10.2. The predicted octanol–water partition coefficient (Wildman–Crippen LogP) is 2.22. The van der Waals surface area contributed by atoms with Gasteiger partial charge in [0.15, 0.2) is 0 Å². The SMILES string of the molecule is Nc1ccccc1C(=O)NCCOCc1ccccc1. The van der Waals surface area contributed by atoms with Gasteiger partial charge in [0.2, 0.25) is 0 Å². The lowest BCUT2D eigenvalue weighted by molar-refractivity contribution is 0.0901. The minimum absolute atomic E-state index is 0.175. The zero-order chi connectivity index (χ0) is 14.2. The number of ether oxygens (including phenoxy) is 1. The van der Waals surface area contributed by atoms with Gasteiger partial charge in [-0.25, -0.2) is 0 Å². The lowest BCUT2D eigenvalue weighted by Gasteiger charge is -2.08. The van der Waals surface area contributed by atoms with Crippen molar-refractivity contribution in [3.63, 3.8) is 0 Å². The predicted molar refractivity (Wildman–Crippen MR) is 79.3 cm³/mol. The van der Waals surface area contributed by atoms with Crippen molar-refractivity contribution in [2.24, 2.45) is 0 Å². The highest BCUT2D eigenvalue weighted by molar-refractivity contribution is 5.99. The molecule has 0 fully saturated rings. The molecule has 0 aromatic heterocycles. The lowest BCUT2D eigenvalue weighted by Crippen LogP contribution is -2.27. The number of amides is 1. The average Bonchev–Trinajstić information content (AvgIpc) is 2.48. The molecule has 4 heteroatoms. The lowest BCUT2D eigenvalue weighted by atomic mass is 10.2. The van der Waals surface area contributed by atoms with Crippen LogP contribution in [-0.4, -0.2) is 19.1 Å². The summed E-state index contributed by atoms with van der Waals surface area (Å²) in [4.78, 5) is 11.9. The molecular weight excluding hydrogens is 252 g/mol. The summed E-state index contributed by atoms with van der Waals surface area (Å²) in [6.07, 6.45) is 0. The van der Waals surface area contributed by atoms with Crippen molar-refractivity contribution in [3.8, 4) is 0 Å². The maximum atomic E-state index is 11.9. The molecule has 0 aliphatic rings. The summed E-state index contributed by atoms with van der Waals surface area (Å²) < 4.78 is 5.49. The van der Waals surface area contributed by atoms with Crippen molar-refractivity contribution in [1.82, 2.24) is 5.32 Å². The van der Waals surface area contributed by atoms with Gasteiger partial charge < -0.3 is 15.8 Å². The van der Waals surface area contributed by atoms with Gasteiger partial charge in [0.25, 0.3) is 5.91 Å². The third-order valence-corrected chi connectivity index (χ3v) is 2.85. The Morgan fingerprint density at radius 3 is 2.50 bits per heavy atom. The van der Waals surface area contributed by atoms with E-state index in [0.717, 1.165) is 5.56 Å². The fourth-order valence-electron chi connectivity index (χ4n) is 1.80. The molecule has 104 valence electrons. The van der Waals surface area contributed by atoms with Crippen LogP contribution in [-0.2, 0) is 11.3 Å². The van der Waals surface area contributed by atoms with E-state index in [1.807, 2.05) is 30.3 Å². The molecule has 2 aromatic carbocycles. The summed E-state index contributed by atoms with van der Waals surface area (Å²) in [5.74, 6) is -0.175. The summed E-state index contributed by atoms with van der Waals surface area (Å²) in [5, 5.41) is 2.78. The van der Waals surface area contributed by atoms with E-state index in [0.29, 0.717) is 31.0 Å². The van der Waals surface area contributed by atoms with E-state index < -0.39 is 0 Å². The zero-order valence-electron chi connectivity index (χ0n) is 11.2. The van der Waals surface area contributed by atoms with Gasteiger partial charge in [-0.15, -0.1) is 0 Å². The number of para-hydroxylation sites is 1. The molecule has 0 saturated heterocycles. The first-order valence-corrected chi connectivity index (χ1v) is 6.52. The fourth-order valence-corrected chi connectivity index (χ4v) is 1.80. The van der Waals surface area contributed by atoms with Gasteiger partial charge >= 0.3 is 0 Å². The van der Waals surface area contributed by atoms with Gasteiger partial charge in [-0.1, -0.05) is 42.5 Å². The van der Waals surface area contributed by atoms with Crippen LogP contribution in [0.3, 0.4) is 0 Å². The summed E-state index contributed by atoms with van der Waals surface area (Å²) in [7, 11) is 0. The maximum Gasteiger partial charge on any atom is 0.253 e. The van der Waals surface area contributed by atoms with Crippen molar-refractivity contribution >= 4 is 11.6 Å². The summed E-state index contributed by atoms with van der Waals surface area (Å²) in [6, 6.07) is 16.9. The zero-order valence-corrected chi connectivity index (χ0v) is 11.2. The molecule has 0 atom stereocenters. The molecule has 0 radical (unpaired) electrons. The molecule has 0 aliphatic heterocycles. The topological polar surface area (TPSA) is 64.4 Å². The van der Waals surface area contributed by atoms with E-state index in [1.165, 1.54) is 0 Å². The smallest absolute Gasteiger partial charge is 0.253 e. The third-order valence-electron chi connectivity index (χ3n) is 2.85. The minimum Gasteiger partial charge on any atom is -0.398 e. The van der Waals surface area contributed by atoms with Crippen LogP contribution < -0.4 is 11.1 Å². The number of carbonyl (C=O) groups excluding carboxylic acids is 1. The molecule has 0 spiro atoms. The van der Waals surface area contributed by atoms with Crippen molar-refractivity contribution < 1.29 is 9.53 Å². The molecule has 4 nitrogen and oxygen atoms in total. The Morgan fingerprint density at radius 2 is 1.75 bits per heavy atom. The molecule has 0 bridgehead atoms. The Bertz CT molecular complexity index is 555. The average molecular weight is 270 g/mol. The van der Waals surface area contributed by atoms with Crippen LogP contribution in [0.15, 0.2) is 54.6 Å². The largest absolute Gasteiger partial charge is 0.398 e. The Labute approximate surface area is 118 Å². The maximum absolute atomic E-state index is 11.9. The fraction of sp³-hybridized carbons (Fsp3) is 0.188. The number of benzene rings is 2. The monoisotopic (exact) mass is 270 g/mol. The van der Waals surface area contributed by atoms with Crippen molar-refractivity contribution in [3.05, 3.63) is 65.7 Å². The van der Waals surface area contributed by atoms with Crippen LogP contribution in [0.2, 0.25) is 0 Å². The second kappa shape index (κ2) is 7.31. The van der Waals surface area contributed by atoms with Gasteiger partial charge in [0.1, 0.15) is 0 Å². The van der Waals surface area contributed by atoms with Crippen LogP contribution >= 0.6 is 0 Å². The number of rotatable bonds is 6. The number of hydrogen-bond acceptors (Lipinski definition) is 3. The second-order valence-corrected chi connectivity index (χ2v) is 4.38. The van der Waals surface area contributed by atoms with Crippen LogP contribution in [0.5, 0.6) is 0 Å². The molecule has 0 unspecified atom stereocenters. The summed E-state index contributed by atoms with van der Waals surface area (Å²) in [5.41, 5.74) is 7.83. The highest BCUT2D eigenvalue weighted by atomic mass is 16.5. The van der Waals surface area contributed by atoms with E-state index in [4.69, 9.17) is 10.5 Å². The summed E-state index contributed by atoms with van der Waals surface area (Å²) >= 11 is 0. The number of hydrogen-bond donors (Lipinski definition) is 2. The first-order valence-electron chi connectivity index (χ1n) is 6.52. The quantitative estimate of drug-likeness (QED) is 0.625. The van der Waals surface area contributed by atoms with Crippen molar-refractivity contribution in [1.29, 1.82) is 0 Å². The van der Waals surface area contributed by atoms with Gasteiger partial charge in [-0.2, -0.15) is 0 Å². The third kappa shape index (κ3) is 4.10. The molecule has 0 aliphatic carbocycles. The number of nitrogen functional groups attached to an aromatic ring is 1. The molecule has 1 amide bonds. The summed E-state index contributed by atoms with van der Waals surface area (Å²) in [6.45, 7) is 1.47. The van der Waals surface area contributed by atoms with E-state index in [9.17, 15) is 4.79 Å². The molecule has 0 saturated carbocycles. The number of nitrogens with one attached hydrogen (secondary N) is 1. The molecular formula is C16H18N2O2. The van der Waals surface area contributed by atoms with Crippen LogP contribution in [0.1, 0.15) is 15.9 Å². The molecule has 3 N–H and O–H groups in total. The standard InChI is InChI=1S/C16H18N2O2/c17-15-9-5-4-8-14(15)16(19)18-10-11-20-12-13-6-2-1-3-7-13/h1-9H,10-12,17H2,(H,18,19). The van der Waals surface area contributed by atoms with Gasteiger partial charge in [0, 0.05) is 12.2 Å². The van der Waals surface area contributed by atoms with Gasteiger partial charge in [-0.05, 0) is 17.7 Å². The second-order valence-electron chi connectivity index (χ2n) is 4.38. The van der Waals surface area contributed by atoms with E-state index in [1.54, 1.807) is 24.3 Å². The van der Waals surface area contributed by atoms with Crippen LogP contribution in [0.4, 0.5) is 5.69 Å². The van der Waals surface area contributed by atoms with Crippen LogP contribution in [0.25, 0.3) is 0 Å². The highest BCUT2D eigenvalue weighted by Crippen LogP contribution is 2.09. The number of nitrogens with two attached hydrogens (primary N) is 1. The minimum atomic E-state index is -0.175. The van der Waals surface area contributed by atoms with E-state index in [-0.39, 0.29) is 5.91 Å². The molecule has 2 aromatic rings. The molecule has 2 rings (SSSR count). The van der Waals surface area contributed by atoms with Crippen molar-refractivity contribution in [2.45, 2.75) is 6.61 Å². The number of carbonyl (C=O) groups is 1. The molecule has 0 heterocycles. The van der Waals surface area contributed by atoms with Gasteiger partial charge in [0.05, 0.1) is 18.8 Å². The highest BCUT2D eigenvalue weighted by Gasteiger charge is 2.07. The van der Waals surface area contributed by atoms with Crippen molar-refractivity contribution in [2.75, 3.05) is 18.9 Å². The molecule has 20 heavy (non-hydrogen) atoms. The first kappa shape index (κ1) is 14.1. The number of anilines is 1. The Balaban J connectivity index is 1.69. The van der Waals surface area contributed by atoms with Gasteiger partial charge in [-0.3, -0.25) is 4.79 Å². The van der Waals surface area contributed by atoms with E-state index in [2.05, 4.69) is 5.32 Å². The van der Waals surface area contributed by atoms with E-state index >= 15 is 0 Å². The Kier molecular flexibility index (Phi) is 5.15. The first-order chi connectivity index (χ1) is 9.77. The van der Waals surface area contributed by atoms with Crippen LogP contribution in [0, 0.1) is 0 Å². The Morgan fingerprint density at radius 1 is 1.05 bits per heavy atom. The Hall–Kier alpha value is -2.33.